The van der Waals surface area contributed by atoms with Gasteiger partial charge in [0, 0.05) is 5.92 Å². The van der Waals surface area contributed by atoms with E-state index in [-0.39, 0.29) is 6.08 Å². The van der Waals surface area contributed by atoms with Crippen LogP contribution in [0.2, 0.25) is 0 Å². The smallest absolute Gasteiger partial charge is 0.259 e. The third kappa shape index (κ3) is 3.95. The van der Waals surface area contributed by atoms with Gasteiger partial charge in [0.1, 0.15) is 0 Å². The number of hydrogen-bond donors (Lipinski definition) is 0. The lowest BCUT2D eigenvalue weighted by atomic mass is 10.1. The molecule has 0 aliphatic rings. The Morgan fingerprint density at radius 3 is 2.00 bits per heavy atom. The van der Waals surface area contributed by atoms with Crippen molar-refractivity contribution in [1.29, 1.82) is 0 Å². The van der Waals surface area contributed by atoms with Gasteiger partial charge in [0.25, 0.3) is 5.70 Å². The first-order chi connectivity index (χ1) is 5.24. The minimum Gasteiger partial charge on any atom is -0.259 e. The Morgan fingerprint density at radius 2 is 1.92 bits per heavy atom. The zero-order valence-corrected chi connectivity index (χ0v) is 6.55. The molecule has 6 heteroatoms. The third-order valence-electron chi connectivity index (χ3n) is 1.11. The van der Waals surface area contributed by atoms with Gasteiger partial charge in [-0.25, -0.2) is 0 Å². The number of alkyl halides is 3. The van der Waals surface area contributed by atoms with Crippen molar-refractivity contribution in [2.75, 3.05) is 0 Å². The summed E-state index contributed by atoms with van der Waals surface area (Å²) in [5.74, 6) is -0.735. The molecule has 0 atom stereocenters. The van der Waals surface area contributed by atoms with Crippen molar-refractivity contribution >= 4 is 0 Å². The average molecular weight is 183 g/mol. The van der Waals surface area contributed by atoms with E-state index in [4.69, 9.17) is 0 Å². The first-order valence-corrected chi connectivity index (χ1v) is 3.18. The highest BCUT2D eigenvalue weighted by atomic mass is 19.4. The summed E-state index contributed by atoms with van der Waals surface area (Å²) < 4.78 is 34.9. The van der Waals surface area contributed by atoms with E-state index in [0.29, 0.717) is 0 Å². The van der Waals surface area contributed by atoms with Crippen LogP contribution in [0.5, 0.6) is 0 Å². The SMILES string of the molecule is CC(C)/C(=C/C(F)(F)F)[N+](=O)[O-]. The number of nitro groups is 1. The molecule has 0 fully saturated rings. The second kappa shape index (κ2) is 3.55. The van der Waals surface area contributed by atoms with Crippen molar-refractivity contribution in [2.45, 2.75) is 20.0 Å². The largest absolute Gasteiger partial charge is 0.415 e. The molecule has 0 aliphatic carbocycles. The molecule has 0 saturated heterocycles. The maximum atomic E-state index is 11.6. The van der Waals surface area contributed by atoms with E-state index in [2.05, 4.69) is 0 Å². The fourth-order valence-electron chi connectivity index (χ4n) is 0.598. The van der Waals surface area contributed by atoms with Gasteiger partial charge in [-0.2, -0.15) is 13.2 Å². The molecule has 0 aromatic rings. The Labute approximate surface area is 67.0 Å². The molecule has 0 aromatic heterocycles. The van der Waals surface area contributed by atoms with Crippen LogP contribution in [0.3, 0.4) is 0 Å². The standard InChI is InChI=1S/C6H8F3NO2/c1-4(2)5(10(11)12)3-6(7,8)9/h3-4H,1-2H3/b5-3-. The number of rotatable bonds is 2. The molecule has 0 aliphatic heterocycles. The normalized spacial score (nSPS) is 13.7. The highest BCUT2D eigenvalue weighted by molar-refractivity contribution is 4.99. The highest BCUT2D eigenvalue weighted by Gasteiger charge is 2.30. The van der Waals surface area contributed by atoms with Crippen molar-refractivity contribution < 1.29 is 18.1 Å². The summed E-state index contributed by atoms with van der Waals surface area (Å²) in [6, 6.07) is 0. The van der Waals surface area contributed by atoms with Crippen LogP contribution in [0.15, 0.2) is 11.8 Å². The van der Waals surface area contributed by atoms with Crippen molar-refractivity contribution in [3.8, 4) is 0 Å². The minimum absolute atomic E-state index is 0.280. The molecule has 12 heavy (non-hydrogen) atoms. The molecule has 70 valence electrons. The number of nitrogens with zero attached hydrogens (tertiary/aromatic N) is 1. The van der Waals surface area contributed by atoms with E-state index in [0.717, 1.165) is 0 Å². The van der Waals surface area contributed by atoms with Crippen LogP contribution < -0.4 is 0 Å². The second-order valence-corrected chi connectivity index (χ2v) is 2.52. The maximum absolute atomic E-state index is 11.6. The molecule has 0 bridgehead atoms. The quantitative estimate of drug-likeness (QED) is 0.487. The molecular formula is C6H8F3NO2. The summed E-state index contributed by atoms with van der Waals surface area (Å²) in [4.78, 5) is 9.04. The zero-order chi connectivity index (χ0) is 9.94. The second-order valence-electron chi connectivity index (χ2n) is 2.52. The van der Waals surface area contributed by atoms with E-state index in [1.54, 1.807) is 0 Å². The summed E-state index contributed by atoms with van der Waals surface area (Å²) in [7, 11) is 0. The third-order valence-corrected chi connectivity index (χ3v) is 1.11. The maximum Gasteiger partial charge on any atom is 0.415 e. The van der Waals surface area contributed by atoms with Gasteiger partial charge in [0.05, 0.1) is 11.0 Å². The molecule has 0 radical (unpaired) electrons. The monoisotopic (exact) mass is 183 g/mol. The molecular weight excluding hydrogens is 175 g/mol. The van der Waals surface area contributed by atoms with Crippen LogP contribution >= 0.6 is 0 Å². The summed E-state index contributed by atoms with van der Waals surface area (Å²) in [5, 5.41) is 10.1. The average Bonchev–Trinajstić information content (AvgIpc) is 1.79. The lowest BCUT2D eigenvalue weighted by molar-refractivity contribution is -0.434. The predicted molar refractivity (Wildman–Crippen MR) is 36.0 cm³/mol. The van der Waals surface area contributed by atoms with Crippen LogP contribution in [-0.4, -0.2) is 11.1 Å². The lowest BCUT2D eigenvalue weighted by Crippen LogP contribution is -2.12. The summed E-state index contributed by atoms with van der Waals surface area (Å²) in [6.07, 6.45) is -4.90. The number of halogens is 3. The van der Waals surface area contributed by atoms with E-state index < -0.39 is 22.7 Å². The Hall–Kier alpha value is -1.07. The molecule has 0 saturated carbocycles. The van der Waals surface area contributed by atoms with E-state index >= 15 is 0 Å². The predicted octanol–water partition coefficient (Wildman–Crippen LogP) is 2.37. The fourth-order valence-corrected chi connectivity index (χ4v) is 0.598. The lowest BCUT2D eigenvalue weighted by Gasteiger charge is -2.03. The first-order valence-electron chi connectivity index (χ1n) is 3.18. The number of allylic oxidation sites excluding steroid dienone is 2. The fraction of sp³-hybridized carbons (Fsp3) is 0.667. The molecule has 0 rings (SSSR count). The Morgan fingerprint density at radius 1 is 1.50 bits per heavy atom. The van der Waals surface area contributed by atoms with Gasteiger partial charge in [-0.3, -0.25) is 10.1 Å². The van der Waals surface area contributed by atoms with E-state index in [1.165, 1.54) is 13.8 Å². The van der Waals surface area contributed by atoms with E-state index in [9.17, 15) is 23.3 Å². The van der Waals surface area contributed by atoms with Crippen molar-refractivity contribution in [2.24, 2.45) is 5.92 Å². The van der Waals surface area contributed by atoms with Gasteiger partial charge in [-0.1, -0.05) is 13.8 Å². The van der Waals surface area contributed by atoms with Crippen molar-refractivity contribution in [3.63, 3.8) is 0 Å². The summed E-state index contributed by atoms with van der Waals surface area (Å²) in [6.45, 7) is 2.67. The molecule has 0 unspecified atom stereocenters. The summed E-state index contributed by atoms with van der Waals surface area (Å²) in [5.41, 5.74) is -0.817. The molecule has 3 nitrogen and oxygen atoms in total. The topological polar surface area (TPSA) is 43.1 Å². The zero-order valence-electron chi connectivity index (χ0n) is 6.55. The van der Waals surface area contributed by atoms with Crippen molar-refractivity contribution in [1.82, 2.24) is 0 Å². The molecule has 0 spiro atoms. The molecule has 0 heterocycles. The van der Waals surface area contributed by atoms with Gasteiger partial charge in [0.2, 0.25) is 0 Å². The highest BCUT2D eigenvalue weighted by Crippen LogP contribution is 2.22. The van der Waals surface area contributed by atoms with Crippen LogP contribution in [-0.2, 0) is 0 Å². The van der Waals surface area contributed by atoms with Gasteiger partial charge >= 0.3 is 6.18 Å². The van der Waals surface area contributed by atoms with Gasteiger partial charge in [-0.05, 0) is 0 Å². The summed E-state index contributed by atoms with van der Waals surface area (Å²) >= 11 is 0. The molecule has 0 amide bonds. The molecule has 0 aromatic carbocycles. The van der Waals surface area contributed by atoms with Gasteiger partial charge in [-0.15, -0.1) is 0 Å². The van der Waals surface area contributed by atoms with Crippen LogP contribution in [0.1, 0.15) is 13.8 Å². The Balaban J connectivity index is 4.75. The molecule has 0 N–H and O–H groups in total. The van der Waals surface area contributed by atoms with Crippen molar-refractivity contribution in [3.05, 3.63) is 21.9 Å². The van der Waals surface area contributed by atoms with E-state index in [1.807, 2.05) is 0 Å². The van der Waals surface area contributed by atoms with Gasteiger partial charge < -0.3 is 0 Å². The Kier molecular flexibility index (Phi) is 3.24. The van der Waals surface area contributed by atoms with Gasteiger partial charge in [0.15, 0.2) is 0 Å². The first kappa shape index (κ1) is 10.9. The van der Waals surface area contributed by atoms with Crippen LogP contribution in [0, 0.1) is 16.0 Å². The minimum atomic E-state index is -4.62. The van der Waals surface area contributed by atoms with Crippen LogP contribution in [0.25, 0.3) is 0 Å². The van der Waals surface area contributed by atoms with Crippen LogP contribution in [0.4, 0.5) is 13.2 Å². The number of hydrogen-bond acceptors (Lipinski definition) is 2. The Bertz CT molecular complexity index is 207.